The van der Waals surface area contributed by atoms with Crippen molar-refractivity contribution in [3.05, 3.63) is 35.7 Å². The molecule has 1 N–H and O–H groups in total. The highest BCUT2D eigenvalue weighted by Crippen LogP contribution is 2.32. The van der Waals surface area contributed by atoms with Crippen molar-refractivity contribution < 1.29 is 5.11 Å². The molecule has 0 aromatic heterocycles. The van der Waals surface area contributed by atoms with Crippen LogP contribution in [0, 0.1) is 6.92 Å². The number of nitrogens with zero attached hydrogens (tertiary/aromatic N) is 3. The zero-order chi connectivity index (χ0) is 16.2. The van der Waals surface area contributed by atoms with Gasteiger partial charge in [-0.2, -0.15) is 0 Å². The lowest BCUT2D eigenvalue weighted by atomic mass is 9.94. The summed E-state index contributed by atoms with van der Waals surface area (Å²) in [6, 6.07) is 6.21. The molecule has 1 fully saturated rings. The van der Waals surface area contributed by atoms with Gasteiger partial charge in [0.25, 0.3) is 0 Å². The van der Waals surface area contributed by atoms with E-state index in [0.717, 1.165) is 17.8 Å². The van der Waals surface area contributed by atoms with Crippen LogP contribution < -0.4 is 4.90 Å². The molecule has 0 spiro atoms. The molecule has 124 valence electrons. The number of hydrogen-bond donors (Lipinski definition) is 1. The van der Waals surface area contributed by atoms with Crippen LogP contribution in [0.4, 0.5) is 5.69 Å². The maximum atomic E-state index is 9.69. The van der Waals surface area contributed by atoms with E-state index in [2.05, 4.69) is 27.8 Å². The van der Waals surface area contributed by atoms with Crippen molar-refractivity contribution >= 4 is 11.9 Å². The largest absolute Gasteiger partial charge is 0.508 e. The second kappa shape index (κ2) is 7.07. The summed E-state index contributed by atoms with van der Waals surface area (Å²) in [5.74, 6) is 1.56. The van der Waals surface area contributed by atoms with Gasteiger partial charge in [0, 0.05) is 24.5 Å². The number of phenols is 1. The molecule has 1 aromatic rings. The van der Waals surface area contributed by atoms with E-state index in [1.807, 2.05) is 25.3 Å². The summed E-state index contributed by atoms with van der Waals surface area (Å²) >= 11 is 0. The average Bonchev–Trinajstić information content (AvgIpc) is 2.57. The standard InChI is InChI=1S/C19H27N3O/c1-3-21(16-7-5-4-6-8-16)19-11-12-20-14-22(19)18-10-9-17(23)13-15(18)2/h9-13,16,23H,3-8,14H2,1-2H3. The fraction of sp³-hybridized carbons (Fsp3) is 0.526. The molecule has 3 rings (SSSR count). The summed E-state index contributed by atoms with van der Waals surface area (Å²) in [7, 11) is 0. The zero-order valence-electron chi connectivity index (χ0n) is 14.2. The van der Waals surface area contributed by atoms with Crippen LogP contribution in [0.3, 0.4) is 0 Å². The molecule has 0 radical (unpaired) electrons. The van der Waals surface area contributed by atoms with E-state index in [1.54, 1.807) is 6.07 Å². The van der Waals surface area contributed by atoms with E-state index in [4.69, 9.17) is 0 Å². The first kappa shape index (κ1) is 15.9. The minimum absolute atomic E-state index is 0.317. The Morgan fingerprint density at radius 3 is 2.74 bits per heavy atom. The number of aliphatic imine (C=N–C) groups is 1. The van der Waals surface area contributed by atoms with Gasteiger partial charge < -0.3 is 14.9 Å². The topological polar surface area (TPSA) is 39.1 Å². The number of benzene rings is 1. The van der Waals surface area contributed by atoms with Crippen LogP contribution in [0.5, 0.6) is 5.75 Å². The molecule has 0 bridgehead atoms. The second-order valence-electron chi connectivity index (χ2n) is 6.47. The lowest BCUT2D eigenvalue weighted by Crippen LogP contribution is -2.44. The van der Waals surface area contributed by atoms with E-state index in [0.29, 0.717) is 18.5 Å². The van der Waals surface area contributed by atoms with E-state index >= 15 is 0 Å². The van der Waals surface area contributed by atoms with Crippen molar-refractivity contribution in [1.29, 1.82) is 0 Å². The van der Waals surface area contributed by atoms with Gasteiger partial charge >= 0.3 is 0 Å². The van der Waals surface area contributed by atoms with E-state index in [9.17, 15) is 5.11 Å². The summed E-state index contributed by atoms with van der Waals surface area (Å²) in [6.07, 6.45) is 10.7. The first-order valence-corrected chi connectivity index (χ1v) is 8.74. The smallest absolute Gasteiger partial charge is 0.116 e. The molecule has 0 atom stereocenters. The van der Waals surface area contributed by atoms with Gasteiger partial charge in [0.15, 0.2) is 0 Å². The minimum atomic E-state index is 0.317. The highest BCUT2D eigenvalue weighted by atomic mass is 16.3. The molecular weight excluding hydrogens is 286 g/mol. The Morgan fingerprint density at radius 2 is 2.04 bits per heavy atom. The van der Waals surface area contributed by atoms with Crippen molar-refractivity contribution in [2.24, 2.45) is 4.99 Å². The van der Waals surface area contributed by atoms with Crippen molar-refractivity contribution in [1.82, 2.24) is 4.90 Å². The minimum Gasteiger partial charge on any atom is -0.508 e. The molecular formula is C19H27N3O. The average molecular weight is 313 g/mol. The number of allylic oxidation sites excluding steroid dienone is 1. The SMILES string of the molecule is CCN(C1=CC=NCN1c1ccc(O)cc1C)C1CCCCC1. The van der Waals surface area contributed by atoms with Crippen LogP contribution in [-0.4, -0.2) is 35.5 Å². The lowest BCUT2D eigenvalue weighted by Gasteiger charge is -2.42. The molecule has 2 aliphatic rings. The summed E-state index contributed by atoms with van der Waals surface area (Å²) in [4.78, 5) is 9.25. The first-order valence-electron chi connectivity index (χ1n) is 8.74. The van der Waals surface area contributed by atoms with E-state index in [-0.39, 0.29) is 0 Å². The zero-order valence-corrected chi connectivity index (χ0v) is 14.2. The van der Waals surface area contributed by atoms with Crippen molar-refractivity contribution in [3.8, 4) is 5.75 Å². The molecule has 0 unspecified atom stereocenters. The first-order chi connectivity index (χ1) is 11.2. The van der Waals surface area contributed by atoms with Gasteiger partial charge in [-0.1, -0.05) is 19.3 Å². The quantitative estimate of drug-likeness (QED) is 0.911. The number of aryl methyl sites for hydroxylation is 1. The summed E-state index contributed by atoms with van der Waals surface area (Å²) in [5.41, 5.74) is 2.20. The van der Waals surface area contributed by atoms with Gasteiger partial charge in [-0.15, -0.1) is 0 Å². The maximum Gasteiger partial charge on any atom is 0.116 e. The van der Waals surface area contributed by atoms with Crippen molar-refractivity contribution in [2.75, 3.05) is 18.1 Å². The Morgan fingerprint density at radius 1 is 1.26 bits per heavy atom. The molecule has 0 saturated heterocycles. The van der Waals surface area contributed by atoms with Crippen LogP contribution in [0.1, 0.15) is 44.6 Å². The summed E-state index contributed by atoms with van der Waals surface area (Å²) in [5, 5.41) is 9.69. The molecule has 1 saturated carbocycles. The summed E-state index contributed by atoms with van der Waals surface area (Å²) in [6.45, 7) is 5.93. The normalized spacial score (nSPS) is 18.9. The molecule has 1 aliphatic carbocycles. The summed E-state index contributed by atoms with van der Waals surface area (Å²) < 4.78 is 0. The van der Waals surface area contributed by atoms with Gasteiger partial charge in [0.1, 0.15) is 18.2 Å². The predicted molar refractivity (Wildman–Crippen MR) is 96.0 cm³/mol. The van der Waals surface area contributed by atoms with Gasteiger partial charge in [-0.25, -0.2) is 0 Å². The van der Waals surface area contributed by atoms with Crippen LogP contribution in [0.15, 0.2) is 35.1 Å². The number of rotatable bonds is 4. The molecule has 4 nitrogen and oxygen atoms in total. The van der Waals surface area contributed by atoms with Crippen molar-refractivity contribution in [2.45, 2.75) is 52.0 Å². The monoisotopic (exact) mass is 313 g/mol. The van der Waals surface area contributed by atoms with Gasteiger partial charge in [0.2, 0.25) is 0 Å². The predicted octanol–water partition coefficient (Wildman–Crippen LogP) is 4.04. The molecule has 4 heteroatoms. The molecule has 23 heavy (non-hydrogen) atoms. The molecule has 1 heterocycles. The van der Waals surface area contributed by atoms with Crippen LogP contribution >= 0.6 is 0 Å². The van der Waals surface area contributed by atoms with Gasteiger partial charge in [-0.3, -0.25) is 4.99 Å². The van der Waals surface area contributed by atoms with E-state index in [1.165, 1.54) is 37.9 Å². The molecule has 1 aliphatic heterocycles. The number of phenolic OH excluding ortho intramolecular Hbond substituents is 1. The fourth-order valence-electron chi connectivity index (χ4n) is 3.80. The number of hydrogen-bond acceptors (Lipinski definition) is 4. The second-order valence-corrected chi connectivity index (χ2v) is 6.47. The molecule has 0 amide bonds. The van der Waals surface area contributed by atoms with Crippen LogP contribution in [-0.2, 0) is 0 Å². The Labute approximate surface area is 139 Å². The Bertz CT molecular complexity index is 603. The van der Waals surface area contributed by atoms with Crippen LogP contribution in [0.25, 0.3) is 0 Å². The van der Waals surface area contributed by atoms with E-state index < -0.39 is 0 Å². The maximum absolute atomic E-state index is 9.69. The van der Waals surface area contributed by atoms with Gasteiger partial charge in [-0.05, 0) is 56.5 Å². The molecule has 1 aromatic carbocycles. The Hall–Kier alpha value is -1.97. The highest BCUT2D eigenvalue weighted by Gasteiger charge is 2.26. The number of anilines is 1. The third-order valence-corrected chi connectivity index (χ3v) is 4.95. The third-order valence-electron chi connectivity index (χ3n) is 4.95. The van der Waals surface area contributed by atoms with Gasteiger partial charge in [0.05, 0.1) is 0 Å². The number of aromatic hydroxyl groups is 1. The van der Waals surface area contributed by atoms with Crippen molar-refractivity contribution in [3.63, 3.8) is 0 Å². The fourth-order valence-corrected chi connectivity index (χ4v) is 3.80. The highest BCUT2D eigenvalue weighted by molar-refractivity contribution is 5.76. The Balaban J connectivity index is 1.90. The lowest BCUT2D eigenvalue weighted by molar-refractivity contribution is 0.203. The third kappa shape index (κ3) is 3.36. The van der Waals surface area contributed by atoms with Crippen LogP contribution in [0.2, 0.25) is 0 Å². The Kier molecular flexibility index (Phi) is 4.89.